The Labute approximate surface area is 299 Å². The molecule has 1 spiro atoms. The predicted octanol–water partition coefficient (Wildman–Crippen LogP) is 8.33. The molecule has 6 heteroatoms. The Balaban J connectivity index is 1.17. The van der Waals surface area contributed by atoms with E-state index in [-0.39, 0.29) is 16.9 Å². The Morgan fingerprint density at radius 2 is 1.40 bits per heavy atom. The molecule has 0 aromatic heterocycles. The van der Waals surface area contributed by atoms with Gasteiger partial charge in [0.1, 0.15) is 5.75 Å². The van der Waals surface area contributed by atoms with Crippen molar-refractivity contribution in [2.75, 3.05) is 41.0 Å². The summed E-state index contributed by atoms with van der Waals surface area (Å²) in [6.45, 7) is 2.90. The van der Waals surface area contributed by atoms with Gasteiger partial charge in [-0.1, -0.05) is 79.2 Å². The summed E-state index contributed by atoms with van der Waals surface area (Å²) < 4.78 is 16.6. The normalized spacial score (nSPS) is 17.6. The highest BCUT2D eigenvalue weighted by atomic mass is 16.5. The monoisotopic (exact) mass is 674 g/mol. The number of ether oxygens (including phenoxy) is 3. The van der Waals surface area contributed by atoms with Gasteiger partial charge in [0, 0.05) is 17.5 Å². The van der Waals surface area contributed by atoms with E-state index in [9.17, 15) is 4.79 Å². The van der Waals surface area contributed by atoms with Gasteiger partial charge in [0.15, 0.2) is 11.5 Å². The van der Waals surface area contributed by atoms with Crippen molar-refractivity contribution in [1.29, 1.82) is 0 Å². The molecule has 2 aliphatic rings. The number of piperidine rings is 1. The molecule has 1 atom stereocenters. The van der Waals surface area contributed by atoms with Gasteiger partial charge in [-0.2, -0.15) is 0 Å². The summed E-state index contributed by atoms with van der Waals surface area (Å²) in [7, 11) is 5.11. The molecular formula is C44H54N2O4. The van der Waals surface area contributed by atoms with Crippen molar-refractivity contribution in [2.24, 2.45) is 0 Å². The quantitative estimate of drug-likeness (QED) is 0.129. The summed E-state index contributed by atoms with van der Waals surface area (Å²) >= 11 is 0. The van der Waals surface area contributed by atoms with Crippen LogP contribution in [0.25, 0.3) is 0 Å². The highest BCUT2D eigenvalue weighted by Crippen LogP contribution is 2.45. The number of fused-ring (bicyclic) bond motifs is 1. The lowest BCUT2D eigenvalue weighted by atomic mass is 9.68. The Kier molecular flexibility index (Phi) is 11.8. The van der Waals surface area contributed by atoms with Gasteiger partial charge in [0.25, 0.3) is 0 Å². The summed E-state index contributed by atoms with van der Waals surface area (Å²) in [6.07, 6.45) is 11.5. The van der Waals surface area contributed by atoms with E-state index in [1.807, 2.05) is 24.3 Å². The van der Waals surface area contributed by atoms with Crippen molar-refractivity contribution < 1.29 is 19.0 Å². The van der Waals surface area contributed by atoms with E-state index in [0.29, 0.717) is 13.0 Å². The van der Waals surface area contributed by atoms with Crippen molar-refractivity contribution >= 4 is 5.91 Å². The number of rotatable bonds is 15. The first-order valence-electron chi connectivity index (χ1n) is 18.5. The zero-order valence-electron chi connectivity index (χ0n) is 30.2. The van der Waals surface area contributed by atoms with E-state index < -0.39 is 0 Å². The zero-order chi connectivity index (χ0) is 34.8. The van der Waals surface area contributed by atoms with E-state index in [1.165, 1.54) is 47.9 Å². The van der Waals surface area contributed by atoms with E-state index in [1.54, 1.807) is 21.3 Å². The predicted molar refractivity (Wildman–Crippen MR) is 202 cm³/mol. The Morgan fingerprint density at radius 3 is 2.04 bits per heavy atom. The second-order valence-corrected chi connectivity index (χ2v) is 14.2. The number of amides is 1. The molecule has 1 saturated heterocycles. The fourth-order valence-electron chi connectivity index (χ4n) is 8.72. The number of nitrogens with zero attached hydrogens (tertiary/aromatic N) is 1. The SMILES string of the molecule is COc1ccc(CC(=O)NCCCC(CCCN2CCCCC23CCc2cc(OC)c(OC)cc2C3)(c2ccccc2)c2ccccc2)cc1. The summed E-state index contributed by atoms with van der Waals surface area (Å²) in [5.74, 6) is 2.52. The van der Waals surface area contributed by atoms with Crippen LogP contribution >= 0.6 is 0 Å². The minimum absolute atomic E-state index is 0.0562. The highest BCUT2D eigenvalue weighted by molar-refractivity contribution is 5.78. The van der Waals surface area contributed by atoms with E-state index in [2.05, 4.69) is 83.0 Å². The molecule has 1 heterocycles. The Hall–Kier alpha value is -4.29. The molecule has 0 radical (unpaired) electrons. The minimum atomic E-state index is -0.144. The van der Waals surface area contributed by atoms with Gasteiger partial charge >= 0.3 is 0 Å². The lowest BCUT2D eigenvalue weighted by Crippen LogP contribution is -2.55. The third kappa shape index (κ3) is 8.02. The summed E-state index contributed by atoms with van der Waals surface area (Å²) in [4.78, 5) is 15.8. The summed E-state index contributed by atoms with van der Waals surface area (Å²) in [5.41, 5.74) is 6.58. The number of methoxy groups -OCH3 is 3. The molecular weight excluding hydrogens is 620 g/mol. The van der Waals surface area contributed by atoms with Crippen LogP contribution in [0.2, 0.25) is 0 Å². The van der Waals surface area contributed by atoms with Gasteiger partial charge in [0.2, 0.25) is 5.91 Å². The van der Waals surface area contributed by atoms with Crippen molar-refractivity contribution in [2.45, 2.75) is 81.6 Å². The maximum atomic E-state index is 12.9. The molecule has 1 unspecified atom stereocenters. The van der Waals surface area contributed by atoms with Crippen LogP contribution in [0, 0.1) is 0 Å². The van der Waals surface area contributed by atoms with E-state index in [0.717, 1.165) is 74.4 Å². The first kappa shape index (κ1) is 35.5. The number of benzene rings is 4. The maximum Gasteiger partial charge on any atom is 0.224 e. The number of hydrogen-bond donors (Lipinski definition) is 1. The maximum absolute atomic E-state index is 12.9. The molecule has 1 N–H and O–H groups in total. The van der Waals surface area contributed by atoms with Crippen LogP contribution in [-0.2, 0) is 29.5 Å². The summed E-state index contributed by atoms with van der Waals surface area (Å²) in [5, 5.41) is 3.21. The molecule has 0 bridgehead atoms. The van der Waals surface area contributed by atoms with Crippen LogP contribution in [0.15, 0.2) is 97.1 Å². The molecule has 50 heavy (non-hydrogen) atoms. The van der Waals surface area contributed by atoms with Gasteiger partial charge < -0.3 is 19.5 Å². The van der Waals surface area contributed by atoms with E-state index in [4.69, 9.17) is 14.2 Å². The third-order valence-electron chi connectivity index (χ3n) is 11.4. The highest BCUT2D eigenvalue weighted by Gasteiger charge is 2.42. The van der Waals surface area contributed by atoms with Crippen molar-refractivity contribution in [1.82, 2.24) is 10.2 Å². The standard InChI is InChI=1S/C44H54N2O4/c1-48-39-20-18-34(19-21-39)30-42(47)45-27-12-24-44(37-14-6-4-7-15-37,38-16-8-5-9-17-38)25-13-29-46-28-11-10-23-43(46)26-22-35-31-40(49-2)41(50-3)32-36(35)33-43/h4-9,14-21,31-32H,10-13,22-30,33H2,1-3H3,(H,45,47). The van der Waals surface area contributed by atoms with Crippen molar-refractivity contribution in [3.8, 4) is 17.2 Å². The first-order chi connectivity index (χ1) is 24.5. The van der Waals surface area contributed by atoms with Gasteiger partial charge in [-0.05, 0) is 123 Å². The fourth-order valence-corrected chi connectivity index (χ4v) is 8.72. The smallest absolute Gasteiger partial charge is 0.224 e. The third-order valence-corrected chi connectivity index (χ3v) is 11.4. The number of carbonyl (C=O) groups excluding carboxylic acids is 1. The average molecular weight is 675 g/mol. The van der Waals surface area contributed by atoms with Crippen molar-refractivity contribution in [3.63, 3.8) is 0 Å². The molecule has 264 valence electrons. The van der Waals surface area contributed by atoms with Crippen LogP contribution in [0.4, 0.5) is 0 Å². The number of nitrogens with one attached hydrogen (secondary N) is 1. The van der Waals surface area contributed by atoms with Gasteiger partial charge in [-0.25, -0.2) is 0 Å². The molecule has 1 fully saturated rings. The Bertz CT molecular complexity index is 1630. The van der Waals surface area contributed by atoms with Crippen LogP contribution in [-0.4, -0.2) is 57.3 Å². The molecule has 1 aliphatic heterocycles. The molecule has 1 amide bonds. The number of hydrogen-bond acceptors (Lipinski definition) is 5. The van der Waals surface area contributed by atoms with Crippen LogP contribution in [0.3, 0.4) is 0 Å². The lowest BCUT2D eigenvalue weighted by Gasteiger charge is -2.50. The molecule has 6 rings (SSSR count). The molecule has 6 nitrogen and oxygen atoms in total. The number of aryl methyl sites for hydroxylation is 1. The second-order valence-electron chi connectivity index (χ2n) is 14.2. The van der Waals surface area contributed by atoms with Crippen LogP contribution in [0.1, 0.15) is 79.2 Å². The summed E-state index contributed by atoms with van der Waals surface area (Å²) in [6, 6.07) is 34.3. The lowest BCUT2D eigenvalue weighted by molar-refractivity contribution is -0.120. The van der Waals surface area contributed by atoms with Crippen molar-refractivity contribution in [3.05, 3.63) is 125 Å². The van der Waals surface area contributed by atoms with Crippen LogP contribution < -0.4 is 19.5 Å². The van der Waals surface area contributed by atoms with E-state index >= 15 is 0 Å². The topological polar surface area (TPSA) is 60.0 Å². The minimum Gasteiger partial charge on any atom is -0.497 e. The van der Waals surface area contributed by atoms with Crippen LogP contribution in [0.5, 0.6) is 17.2 Å². The fraction of sp³-hybridized carbons (Fsp3) is 0.432. The second kappa shape index (κ2) is 16.6. The molecule has 0 saturated carbocycles. The number of carbonyl (C=O) groups is 1. The first-order valence-corrected chi connectivity index (χ1v) is 18.5. The van der Waals surface area contributed by atoms with Gasteiger partial charge in [0.05, 0.1) is 27.8 Å². The number of likely N-dealkylation sites (tertiary alicyclic amines) is 1. The molecule has 4 aromatic rings. The average Bonchev–Trinajstić information content (AvgIpc) is 3.17. The largest absolute Gasteiger partial charge is 0.497 e. The van der Waals surface area contributed by atoms with Gasteiger partial charge in [-0.3, -0.25) is 9.69 Å². The van der Waals surface area contributed by atoms with Gasteiger partial charge in [-0.15, -0.1) is 0 Å². The molecule has 4 aromatic carbocycles. The zero-order valence-corrected chi connectivity index (χ0v) is 30.2. The molecule has 1 aliphatic carbocycles. The Morgan fingerprint density at radius 1 is 0.760 bits per heavy atom.